The molecule has 0 fully saturated rings. The van der Waals surface area contributed by atoms with Gasteiger partial charge in [0, 0.05) is 11.6 Å². The van der Waals surface area contributed by atoms with Gasteiger partial charge in [-0.25, -0.2) is 13.9 Å². The lowest BCUT2D eigenvalue weighted by Crippen LogP contribution is -2.23. The van der Waals surface area contributed by atoms with E-state index in [0.29, 0.717) is 12.4 Å². The summed E-state index contributed by atoms with van der Waals surface area (Å²) < 4.78 is 20.9. The number of rotatable bonds is 7. The number of nitrogens with one attached hydrogen (secondary N) is 1. The van der Waals surface area contributed by atoms with Crippen molar-refractivity contribution in [1.82, 2.24) is 14.6 Å². The Labute approximate surface area is 198 Å². The first kappa shape index (κ1) is 25.4. The van der Waals surface area contributed by atoms with Gasteiger partial charge in [-0.2, -0.15) is 0 Å². The number of nitrogens with two attached hydrogens (primary N) is 1. The molecule has 4 rings (SSSR count). The molecule has 2 heterocycles. The number of fused-ring (bicyclic) bond motifs is 1. The summed E-state index contributed by atoms with van der Waals surface area (Å²) >= 11 is 0. The average Bonchev–Trinajstić information content (AvgIpc) is 3.16. The minimum absolute atomic E-state index is 0. The molecule has 0 aliphatic rings. The molecular formula is C23H26Cl2FN5O. The van der Waals surface area contributed by atoms with Gasteiger partial charge in [-0.3, -0.25) is 0 Å². The van der Waals surface area contributed by atoms with Crippen LogP contribution in [-0.4, -0.2) is 27.2 Å². The zero-order valence-corrected chi connectivity index (χ0v) is 19.4. The van der Waals surface area contributed by atoms with Crippen molar-refractivity contribution in [3.63, 3.8) is 0 Å². The van der Waals surface area contributed by atoms with Crippen LogP contribution in [0.2, 0.25) is 0 Å². The molecular weight excluding hydrogens is 452 g/mol. The smallest absolute Gasteiger partial charge is 0.154 e. The highest BCUT2D eigenvalue weighted by atomic mass is 35.5. The third kappa shape index (κ3) is 5.88. The summed E-state index contributed by atoms with van der Waals surface area (Å²) in [6.45, 7) is 4.34. The van der Waals surface area contributed by atoms with Crippen LogP contribution in [0.15, 0.2) is 66.9 Å². The van der Waals surface area contributed by atoms with Crippen molar-refractivity contribution >= 4 is 36.3 Å². The highest BCUT2D eigenvalue weighted by Gasteiger charge is 2.11. The van der Waals surface area contributed by atoms with Crippen molar-refractivity contribution < 1.29 is 9.13 Å². The van der Waals surface area contributed by atoms with E-state index in [0.717, 1.165) is 28.2 Å². The van der Waals surface area contributed by atoms with Gasteiger partial charge in [0.2, 0.25) is 0 Å². The fraction of sp³-hybridized carbons (Fsp3) is 0.217. The summed E-state index contributed by atoms with van der Waals surface area (Å²) in [7, 11) is 0. The number of hydrogen-bond donors (Lipinski definition) is 2. The maximum absolute atomic E-state index is 13.5. The van der Waals surface area contributed by atoms with Crippen LogP contribution < -0.4 is 15.8 Å². The van der Waals surface area contributed by atoms with E-state index < -0.39 is 0 Å². The lowest BCUT2D eigenvalue weighted by Gasteiger charge is -2.15. The summed E-state index contributed by atoms with van der Waals surface area (Å²) in [6.07, 6.45) is 1.79. The van der Waals surface area contributed by atoms with Crippen LogP contribution in [-0.2, 0) is 0 Å². The van der Waals surface area contributed by atoms with Crippen LogP contribution in [0.25, 0.3) is 16.9 Å². The maximum atomic E-state index is 13.5. The van der Waals surface area contributed by atoms with Crippen LogP contribution in [0.1, 0.15) is 25.5 Å². The van der Waals surface area contributed by atoms with Gasteiger partial charge >= 0.3 is 0 Å². The second kappa shape index (κ2) is 11.1. The first-order chi connectivity index (χ1) is 14.5. The van der Waals surface area contributed by atoms with Gasteiger partial charge < -0.3 is 15.8 Å². The summed E-state index contributed by atoms with van der Waals surface area (Å²) in [5, 5.41) is 8.01. The van der Waals surface area contributed by atoms with Gasteiger partial charge in [0.05, 0.1) is 17.9 Å². The monoisotopic (exact) mass is 477 g/mol. The van der Waals surface area contributed by atoms with Gasteiger partial charge in [0.1, 0.15) is 24.0 Å². The zero-order valence-electron chi connectivity index (χ0n) is 17.7. The molecule has 0 saturated carbocycles. The van der Waals surface area contributed by atoms with Gasteiger partial charge in [0.15, 0.2) is 5.65 Å². The summed E-state index contributed by atoms with van der Waals surface area (Å²) in [4.78, 5) is 4.44. The Morgan fingerprint density at radius 2 is 1.81 bits per heavy atom. The third-order valence-corrected chi connectivity index (χ3v) is 4.74. The fourth-order valence-electron chi connectivity index (χ4n) is 3.18. The Morgan fingerprint density at radius 1 is 1.06 bits per heavy atom. The number of imidazole rings is 1. The summed E-state index contributed by atoms with van der Waals surface area (Å²) in [6, 6.07) is 18.0. The summed E-state index contributed by atoms with van der Waals surface area (Å²) in [5.41, 5.74) is 9.16. The molecule has 0 saturated heterocycles. The van der Waals surface area contributed by atoms with E-state index in [1.165, 1.54) is 12.1 Å². The Kier molecular flexibility index (Phi) is 8.83. The number of hydrogen-bond acceptors (Lipinski definition) is 5. The highest BCUT2D eigenvalue weighted by molar-refractivity contribution is 5.85. The second-order valence-electron chi connectivity index (χ2n) is 7.37. The molecule has 0 spiro atoms. The van der Waals surface area contributed by atoms with Crippen LogP contribution in [0.5, 0.6) is 5.75 Å². The largest absolute Gasteiger partial charge is 0.492 e. The zero-order chi connectivity index (χ0) is 21.1. The molecule has 3 N–H and O–H groups in total. The maximum Gasteiger partial charge on any atom is 0.154 e. The van der Waals surface area contributed by atoms with Gasteiger partial charge in [-0.1, -0.05) is 12.1 Å². The van der Waals surface area contributed by atoms with Crippen molar-refractivity contribution in [3.05, 3.63) is 78.2 Å². The Balaban J connectivity index is 0.00000181. The molecule has 32 heavy (non-hydrogen) atoms. The Hall–Kier alpha value is -2.87. The van der Waals surface area contributed by atoms with E-state index in [9.17, 15) is 4.39 Å². The van der Waals surface area contributed by atoms with Crippen LogP contribution in [0.3, 0.4) is 0 Å². The molecule has 170 valence electrons. The second-order valence-corrected chi connectivity index (χ2v) is 7.37. The molecule has 2 atom stereocenters. The minimum atomic E-state index is -0.255. The molecule has 0 amide bonds. The Bertz CT molecular complexity index is 1150. The fourth-order valence-corrected chi connectivity index (χ4v) is 3.18. The van der Waals surface area contributed by atoms with E-state index in [-0.39, 0.29) is 42.7 Å². The number of nitrogens with zero attached hydrogens (tertiary/aromatic N) is 3. The molecule has 2 unspecified atom stereocenters. The predicted molar refractivity (Wildman–Crippen MR) is 131 cm³/mol. The normalized spacial score (nSPS) is 12.4. The first-order valence-electron chi connectivity index (χ1n) is 9.85. The molecule has 2 aromatic carbocycles. The molecule has 0 radical (unpaired) electrons. The SMILES string of the molecule is CC(N)COc1ccc(-c2cnc3ccc(NC(C)c4cccc(F)c4)nn23)cc1.Cl.Cl. The topological polar surface area (TPSA) is 77.5 Å². The molecule has 0 aliphatic heterocycles. The van der Waals surface area contributed by atoms with Gasteiger partial charge in [-0.05, 0) is 67.9 Å². The highest BCUT2D eigenvalue weighted by Crippen LogP contribution is 2.25. The molecule has 0 bridgehead atoms. The number of aromatic nitrogens is 3. The quantitative estimate of drug-likeness (QED) is 0.378. The lowest BCUT2D eigenvalue weighted by molar-refractivity contribution is 0.296. The van der Waals surface area contributed by atoms with E-state index in [1.807, 2.05) is 56.3 Å². The van der Waals surface area contributed by atoms with Crippen LogP contribution in [0.4, 0.5) is 10.2 Å². The molecule has 6 nitrogen and oxygen atoms in total. The van der Waals surface area contributed by atoms with Crippen LogP contribution in [0, 0.1) is 5.82 Å². The minimum Gasteiger partial charge on any atom is -0.492 e. The molecule has 4 aromatic rings. The predicted octanol–water partition coefficient (Wildman–Crippen LogP) is 5.28. The average molecular weight is 478 g/mol. The first-order valence-corrected chi connectivity index (χ1v) is 9.85. The molecule has 2 aromatic heterocycles. The number of anilines is 1. The van der Waals surface area contributed by atoms with Crippen molar-refractivity contribution in [1.29, 1.82) is 0 Å². The Morgan fingerprint density at radius 3 is 2.50 bits per heavy atom. The van der Waals surface area contributed by atoms with Gasteiger partial charge in [0.25, 0.3) is 0 Å². The summed E-state index contributed by atoms with van der Waals surface area (Å²) in [5.74, 6) is 1.19. The van der Waals surface area contributed by atoms with Crippen molar-refractivity contribution in [2.75, 3.05) is 11.9 Å². The van der Waals surface area contributed by atoms with Crippen molar-refractivity contribution in [2.24, 2.45) is 5.73 Å². The van der Waals surface area contributed by atoms with Crippen molar-refractivity contribution in [3.8, 4) is 17.0 Å². The molecule has 0 aliphatic carbocycles. The lowest BCUT2D eigenvalue weighted by atomic mass is 10.1. The third-order valence-electron chi connectivity index (χ3n) is 4.74. The van der Waals surface area contributed by atoms with Gasteiger partial charge in [-0.15, -0.1) is 29.9 Å². The standard InChI is InChI=1S/C23H24FN5O.2ClH/c1-15(25)14-30-20-8-6-17(7-9-20)21-13-26-23-11-10-22(28-29(21)23)27-16(2)18-4-3-5-19(24)12-18;;/h3-13,15-16H,14,25H2,1-2H3,(H,27,28);2*1H. The van der Waals surface area contributed by atoms with Crippen LogP contribution >= 0.6 is 24.8 Å². The van der Waals surface area contributed by atoms with E-state index >= 15 is 0 Å². The number of benzene rings is 2. The number of halogens is 3. The van der Waals surface area contributed by atoms with E-state index in [4.69, 9.17) is 10.5 Å². The van der Waals surface area contributed by atoms with Crippen molar-refractivity contribution in [2.45, 2.75) is 25.9 Å². The number of ether oxygens (including phenoxy) is 1. The van der Waals surface area contributed by atoms with E-state index in [1.54, 1.807) is 16.8 Å². The molecule has 9 heteroatoms. The van der Waals surface area contributed by atoms with E-state index in [2.05, 4.69) is 15.4 Å².